The van der Waals surface area contributed by atoms with Crippen LogP contribution >= 0.6 is 0 Å². The molecule has 5 rings (SSSR count). The number of carbonyl (C=O) groups is 1. The Hall–Kier alpha value is -3.70. The molecule has 3 aromatic rings. The molecule has 1 saturated carbocycles. The lowest BCUT2D eigenvalue weighted by Gasteiger charge is -2.36. The second-order valence-electron chi connectivity index (χ2n) is 7.73. The highest BCUT2D eigenvalue weighted by molar-refractivity contribution is 5.81. The molecule has 2 heterocycles. The van der Waals surface area contributed by atoms with Crippen molar-refractivity contribution in [2.75, 3.05) is 36.2 Å². The summed E-state index contributed by atoms with van der Waals surface area (Å²) < 4.78 is 138. The third-order valence-corrected chi connectivity index (χ3v) is 5.11. The number of hydrogen-bond acceptors (Lipinski definition) is 5. The van der Waals surface area contributed by atoms with Crippen molar-refractivity contribution in [3.8, 4) is 5.69 Å². The van der Waals surface area contributed by atoms with Crippen LogP contribution in [0.5, 0.6) is 0 Å². The minimum Gasteiger partial charge on any atom is -0.368 e. The lowest BCUT2D eigenvalue weighted by atomic mass is 10.1. The average molecular weight is 501 g/mol. The highest BCUT2D eigenvalue weighted by Crippen LogP contribution is 2.36. The molecule has 1 amide bonds. The Labute approximate surface area is 208 Å². The van der Waals surface area contributed by atoms with Gasteiger partial charge in [-0.1, -0.05) is 0 Å². The smallest absolute Gasteiger partial charge is 0.368 e. The van der Waals surface area contributed by atoms with E-state index < -0.39 is 72.6 Å². The fraction of sp³-hybridized carbons (Fsp3) is 0.348. The van der Waals surface area contributed by atoms with E-state index in [1.807, 2.05) is 0 Å². The lowest BCUT2D eigenvalue weighted by Crippen LogP contribution is -2.49. The third kappa shape index (κ3) is 5.05. The number of nitrogens with one attached hydrogen (secondary N) is 1. The zero-order valence-corrected chi connectivity index (χ0v) is 17.6. The Morgan fingerprint density at radius 2 is 1.74 bits per heavy atom. The largest absolute Gasteiger partial charge is 0.416 e. The number of benzene rings is 2. The van der Waals surface area contributed by atoms with Crippen molar-refractivity contribution in [3.63, 3.8) is 0 Å². The van der Waals surface area contributed by atoms with Gasteiger partial charge in [-0.15, -0.1) is 5.10 Å². The fourth-order valence-electron chi connectivity index (χ4n) is 3.19. The molecule has 1 N–H and O–H groups in total. The molecule has 0 spiro atoms. The van der Waals surface area contributed by atoms with Crippen LogP contribution in [0, 0.1) is 17.6 Å². The van der Waals surface area contributed by atoms with E-state index in [9.17, 15) is 26.7 Å². The number of aromatic nitrogens is 3. The summed E-state index contributed by atoms with van der Waals surface area (Å²) in [6.07, 6.45) is -3.54. The maximum Gasteiger partial charge on any atom is 0.416 e. The number of carbonyl (C=O) groups excluding carboxylic acids is 1. The summed E-state index contributed by atoms with van der Waals surface area (Å²) in [4.78, 5) is 16.5. The molecule has 2 fully saturated rings. The van der Waals surface area contributed by atoms with Gasteiger partial charge in [0, 0.05) is 49.3 Å². The number of hydrogen-bond donors (Lipinski definition) is 1. The molecule has 1 saturated heterocycles. The van der Waals surface area contributed by atoms with Crippen molar-refractivity contribution in [2.45, 2.75) is 19.0 Å². The number of halogens is 5. The minimum atomic E-state index is -5.09. The maximum atomic E-state index is 14.0. The molecule has 12 heteroatoms. The van der Waals surface area contributed by atoms with Crippen LogP contribution in [0.3, 0.4) is 0 Å². The molecule has 0 bridgehead atoms. The highest BCUT2D eigenvalue weighted by Gasteiger charge is 2.35. The SMILES string of the molecule is [2H]C1([2H])N(C(=O)C2CC2)C([2H])([2H])C([2H])([2H])N(c2cc(Nc3ncn(-c4ccc(F)c(F)c4)n3)cc(C(F)(F)F)c2)C1([2H])[2H]. The molecule has 1 aliphatic carbocycles. The fourth-order valence-corrected chi connectivity index (χ4v) is 3.19. The monoisotopic (exact) mass is 500 g/mol. The van der Waals surface area contributed by atoms with Gasteiger partial charge in [-0.25, -0.2) is 13.5 Å². The molecule has 2 aromatic carbocycles. The van der Waals surface area contributed by atoms with E-state index >= 15 is 0 Å². The summed E-state index contributed by atoms with van der Waals surface area (Å²) in [7, 11) is 0. The zero-order valence-electron chi connectivity index (χ0n) is 25.6. The van der Waals surface area contributed by atoms with E-state index in [0.717, 1.165) is 35.3 Å². The van der Waals surface area contributed by atoms with E-state index in [0.29, 0.717) is 12.1 Å². The second-order valence-corrected chi connectivity index (χ2v) is 7.73. The van der Waals surface area contributed by atoms with Crippen molar-refractivity contribution in [3.05, 3.63) is 59.9 Å². The van der Waals surface area contributed by atoms with Crippen LogP contribution in [0.1, 0.15) is 29.4 Å². The number of rotatable bonds is 5. The van der Waals surface area contributed by atoms with Crippen LogP contribution < -0.4 is 10.2 Å². The molecule has 2 aliphatic rings. The predicted octanol–water partition coefficient (Wildman–Crippen LogP) is 4.37. The molecular weight excluding hydrogens is 471 g/mol. The molecule has 0 atom stereocenters. The lowest BCUT2D eigenvalue weighted by molar-refractivity contribution is -0.137. The Morgan fingerprint density at radius 3 is 2.40 bits per heavy atom. The standard InChI is InChI=1S/C23H21F5N6O/c24-19-4-3-17(12-20(19)25)34-13-29-22(31-34)30-16-9-15(23(26,27)28)10-18(11-16)32-5-7-33(8-6-32)21(35)14-1-2-14/h3-4,9-14H,1-2,5-8H2,(H,30,31)/i5D2,6D2,7D2,8D2. The first-order valence-electron chi connectivity index (χ1n) is 14.2. The van der Waals surface area contributed by atoms with Gasteiger partial charge >= 0.3 is 6.18 Å². The van der Waals surface area contributed by atoms with Crippen molar-refractivity contribution in [2.24, 2.45) is 5.92 Å². The topological polar surface area (TPSA) is 66.3 Å². The van der Waals surface area contributed by atoms with E-state index in [1.165, 1.54) is 0 Å². The average Bonchev–Trinajstić information content (AvgIpc) is 3.63. The van der Waals surface area contributed by atoms with Crippen LogP contribution in [-0.2, 0) is 11.0 Å². The predicted molar refractivity (Wildman–Crippen MR) is 118 cm³/mol. The number of amides is 1. The van der Waals surface area contributed by atoms with Gasteiger partial charge in [-0.3, -0.25) is 4.79 Å². The van der Waals surface area contributed by atoms with Crippen molar-refractivity contribution in [1.82, 2.24) is 19.7 Å². The van der Waals surface area contributed by atoms with Crippen LogP contribution in [0.2, 0.25) is 0 Å². The zero-order chi connectivity index (χ0) is 31.9. The van der Waals surface area contributed by atoms with Gasteiger partial charge in [0.1, 0.15) is 6.33 Å². The Balaban J connectivity index is 1.59. The molecule has 1 aliphatic heterocycles. The first-order chi connectivity index (χ1) is 19.7. The van der Waals surface area contributed by atoms with Crippen LogP contribution in [0.25, 0.3) is 5.69 Å². The molecule has 0 radical (unpaired) electrons. The Kier molecular flexibility index (Phi) is 3.86. The van der Waals surface area contributed by atoms with Crippen LogP contribution in [0.4, 0.5) is 39.3 Å². The number of nitrogens with zero attached hydrogens (tertiary/aromatic N) is 5. The summed E-state index contributed by atoms with van der Waals surface area (Å²) >= 11 is 0. The molecule has 35 heavy (non-hydrogen) atoms. The summed E-state index contributed by atoms with van der Waals surface area (Å²) in [5, 5.41) is 6.36. The van der Waals surface area contributed by atoms with Crippen LogP contribution in [-0.4, -0.2) is 51.6 Å². The molecule has 1 aromatic heterocycles. The van der Waals surface area contributed by atoms with Gasteiger partial charge in [0.2, 0.25) is 11.9 Å². The van der Waals surface area contributed by atoms with Crippen molar-refractivity contribution >= 4 is 23.2 Å². The Bertz CT molecular complexity index is 1570. The van der Waals surface area contributed by atoms with Gasteiger partial charge in [-0.05, 0) is 43.2 Å². The van der Waals surface area contributed by atoms with Crippen molar-refractivity contribution < 1.29 is 37.7 Å². The van der Waals surface area contributed by atoms with Gasteiger partial charge in [0.05, 0.1) is 22.2 Å². The molecule has 184 valence electrons. The van der Waals surface area contributed by atoms with Gasteiger partial charge in [-0.2, -0.15) is 18.2 Å². The van der Waals surface area contributed by atoms with E-state index in [2.05, 4.69) is 15.4 Å². The normalized spacial score (nSPS) is 25.6. The Morgan fingerprint density at radius 1 is 1.00 bits per heavy atom. The second kappa shape index (κ2) is 8.82. The van der Waals surface area contributed by atoms with E-state index in [-0.39, 0.29) is 34.3 Å². The number of alkyl halides is 3. The first kappa shape index (κ1) is 15.3. The minimum absolute atomic E-state index is 0.00801. The quantitative estimate of drug-likeness (QED) is 0.528. The van der Waals surface area contributed by atoms with Gasteiger partial charge < -0.3 is 15.1 Å². The first-order valence-corrected chi connectivity index (χ1v) is 10.2. The summed E-state index contributed by atoms with van der Waals surface area (Å²) in [6, 6.07) is 4.42. The summed E-state index contributed by atoms with van der Waals surface area (Å²) in [6.45, 7) is -14.3. The summed E-state index contributed by atoms with van der Waals surface area (Å²) in [5.41, 5.74) is -2.85. The van der Waals surface area contributed by atoms with Gasteiger partial charge in [0.25, 0.3) is 0 Å². The highest BCUT2D eigenvalue weighted by atomic mass is 19.4. The van der Waals surface area contributed by atoms with E-state index in [1.54, 1.807) is 0 Å². The number of piperazine rings is 1. The molecule has 7 nitrogen and oxygen atoms in total. The van der Waals surface area contributed by atoms with Crippen LogP contribution in [0.15, 0.2) is 42.7 Å². The molecular formula is C23H21F5N6O. The molecule has 0 unspecified atom stereocenters. The summed E-state index contributed by atoms with van der Waals surface area (Å²) in [5.74, 6) is -4.70. The number of anilines is 3. The third-order valence-electron chi connectivity index (χ3n) is 5.11. The van der Waals surface area contributed by atoms with Crippen molar-refractivity contribution in [1.29, 1.82) is 0 Å². The van der Waals surface area contributed by atoms with Gasteiger partial charge in [0.15, 0.2) is 11.6 Å². The van der Waals surface area contributed by atoms with E-state index in [4.69, 9.17) is 11.0 Å². The maximum absolute atomic E-state index is 14.0.